The van der Waals surface area contributed by atoms with E-state index in [0.29, 0.717) is 17.6 Å². The van der Waals surface area contributed by atoms with Crippen molar-refractivity contribution in [3.63, 3.8) is 0 Å². The standard InChI is InChI=1S/C19H25N7O/c27-17(24-16-5-2-1-3-6-16)15-13-22-19(23-14-15)26-11-9-25(10-12-26)18-20-7-4-8-21-18/h4,7-8,13-14,16H,1-3,5-6,9-12H2,(H,24,27). The molecule has 8 nitrogen and oxygen atoms in total. The van der Waals surface area contributed by atoms with Crippen molar-refractivity contribution in [2.75, 3.05) is 36.0 Å². The summed E-state index contributed by atoms with van der Waals surface area (Å²) in [5, 5.41) is 3.11. The number of rotatable bonds is 4. The number of amides is 1. The van der Waals surface area contributed by atoms with Crippen molar-refractivity contribution >= 4 is 17.8 Å². The summed E-state index contributed by atoms with van der Waals surface area (Å²) in [5.41, 5.74) is 0.528. The van der Waals surface area contributed by atoms with Crippen molar-refractivity contribution in [3.05, 3.63) is 36.4 Å². The van der Waals surface area contributed by atoms with Crippen LogP contribution >= 0.6 is 0 Å². The zero-order valence-corrected chi connectivity index (χ0v) is 15.4. The minimum atomic E-state index is -0.0699. The van der Waals surface area contributed by atoms with Crippen LogP contribution < -0.4 is 15.1 Å². The summed E-state index contributed by atoms with van der Waals surface area (Å²) >= 11 is 0. The number of anilines is 2. The largest absolute Gasteiger partial charge is 0.349 e. The third-order valence-corrected chi connectivity index (χ3v) is 5.24. The molecule has 142 valence electrons. The van der Waals surface area contributed by atoms with Gasteiger partial charge in [0.1, 0.15) is 0 Å². The second-order valence-electron chi connectivity index (χ2n) is 7.10. The number of carbonyl (C=O) groups is 1. The lowest BCUT2D eigenvalue weighted by Crippen LogP contribution is -2.47. The maximum absolute atomic E-state index is 12.4. The first kappa shape index (κ1) is 17.6. The van der Waals surface area contributed by atoms with Gasteiger partial charge in [-0.3, -0.25) is 4.79 Å². The Morgan fingerprint density at radius 1 is 0.852 bits per heavy atom. The summed E-state index contributed by atoms with van der Waals surface area (Å²) < 4.78 is 0. The lowest BCUT2D eigenvalue weighted by molar-refractivity contribution is 0.0927. The number of aromatic nitrogens is 4. The van der Waals surface area contributed by atoms with Crippen LogP contribution in [0.2, 0.25) is 0 Å². The maximum Gasteiger partial charge on any atom is 0.254 e. The number of hydrogen-bond acceptors (Lipinski definition) is 7. The highest BCUT2D eigenvalue weighted by molar-refractivity contribution is 5.93. The van der Waals surface area contributed by atoms with Crippen LogP contribution in [-0.2, 0) is 0 Å². The molecule has 1 amide bonds. The SMILES string of the molecule is O=C(NC1CCCCC1)c1cnc(N2CCN(c3ncccn3)CC2)nc1. The van der Waals surface area contributed by atoms with Gasteiger partial charge < -0.3 is 15.1 Å². The molecule has 2 fully saturated rings. The molecular formula is C19H25N7O. The van der Waals surface area contributed by atoms with Gasteiger partial charge in [-0.05, 0) is 18.9 Å². The molecule has 1 aliphatic carbocycles. The lowest BCUT2D eigenvalue weighted by atomic mass is 9.95. The molecule has 1 aliphatic heterocycles. The molecule has 3 heterocycles. The topological polar surface area (TPSA) is 87.1 Å². The normalized spacial score (nSPS) is 18.4. The molecule has 8 heteroatoms. The van der Waals surface area contributed by atoms with Crippen molar-refractivity contribution in [1.29, 1.82) is 0 Å². The second kappa shape index (κ2) is 8.28. The third kappa shape index (κ3) is 4.32. The predicted octanol–water partition coefficient (Wildman–Crippen LogP) is 1.66. The van der Waals surface area contributed by atoms with Crippen molar-refractivity contribution in [2.24, 2.45) is 0 Å². The van der Waals surface area contributed by atoms with E-state index in [1.165, 1.54) is 19.3 Å². The molecule has 2 aromatic heterocycles. The van der Waals surface area contributed by atoms with E-state index in [9.17, 15) is 4.79 Å². The van der Waals surface area contributed by atoms with Crippen molar-refractivity contribution < 1.29 is 4.79 Å². The summed E-state index contributed by atoms with van der Waals surface area (Å²) in [7, 11) is 0. The highest BCUT2D eigenvalue weighted by atomic mass is 16.1. The Labute approximate surface area is 159 Å². The average Bonchev–Trinajstić information content (AvgIpc) is 2.75. The van der Waals surface area contributed by atoms with Crippen LogP contribution in [0.5, 0.6) is 0 Å². The lowest BCUT2D eigenvalue weighted by Gasteiger charge is -2.34. The minimum absolute atomic E-state index is 0.0699. The predicted molar refractivity (Wildman–Crippen MR) is 103 cm³/mol. The van der Waals surface area contributed by atoms with Gasteiger partial charge in [-0.2, -0.15) is 0 Å². The molecule has 0 unspecified atom stereocenters. The van der Waals surface area contributed by atoms with Crippen LogP contribution in [0.3, 0.4) is 0 Å². The van der Waals surface area contributed by atoms with Crippen LogP contribution in [-0.4, -0.2) is 58.1 Å². The fraction of sp³-hybridized carbons (Fsp3) is 0.526. The molecule has 1 saturated carbocycles. The first-order chi connectivity index (χ1) is 13.3. The zero-order chi connectivity index (χ0) is 18.5. The number of piperazine rings is 1. The van der Waals surface area contributed by atoms with Crippen molar-refractivity contribution in [3.8, 4) is 0 Å². The number of carbonyl (C=O) groups excluding carboxylic acids is 1. The molecule has 4 rings (SSSR count). The van der Waals surface area contributed by atoms with Gasteiger partial charge in [-0.25, -0.2) is 19.9 Å². The fourth-order valence-electron chi connectivity index (χ4n) is 3.68. The van der Waals surface area contributed by atoms with E-state index >= 15 is 0 Å². The molecule has 0 bridgehead atoms. The van der Waals surface area contributed by atoms with Gasteiger partial charge in [0, 0.05) is 57.0 Å². The van der Waals surface area contributed by atoms with Gasteiger partial charge in [-0.1, -0.05) is 19.3 Å². The fourth-order valence-corrected chi connectivity index (χ4v) is 3.68. The van der Waals surface area contributed by atoms with E-state index in [4.69, 9.17) is 0 Å². The molecule has 1 saturated heterocycles. The first-order valence-corrected chi connectivity index (χ1v) is 9.69. The van der Waals surface area contributed by atoms with Gasteiger partial charge >= 0.3 is 0 Å². The van der Waals surface area contributed by atoms with E-state index in [-0.39, 0.29) is 5.91 Å². The first-order valence-electron chi connectivity index (χ1n) is 9.69. The average molecular weight is 367 g/mol. The number of nitrogens with one attached hydrogen (secondary N) is 1. The Morgan fingerprint density at radius 2 is 1.41 bits per heavy atom. The minimum Gasteiger partial charge on any atom is -0.349 e. The van der Waals surface area contributed by atoms with Gasteiger partial charge in [-0.15, -0.1) is 0 Å². The van der Waals surface area contributed by atoms with E-state index in [2.05, 4.69) is 35.1 Å². The quantitative estimate of drug-likeness (QED) is 0.879. The Kier molecular flexibility index (Phi) is 5.41. The van der Waals surface area contributed by atoms with E-state index in [1.807, 2.05) is 6.07 Å². The van der Waals surface area contributed by atoms with Crippen LogP contribution in [0.25, 0.3) is 0 Å². The Hall–Kier alpha value is -2.77. The molecular weight excluding hydrogens is 342 g/mol. The summed E-state index contributed by atoms with van der Waals surface area (Å²) in [6.07, 6.45) is 12.6. The van der Waals surface area contributed by atoms with Gasteiger partial charge in [0.05, 0.1) is 5.56 Å². The molecule has 2 aromatic rings. The molecule has 2 aliphatic rings. The van der Waals surface area contributed by atoms with E-state index < -0.39 is 0 Å². The molecule has 27 heavy (non-hydrogen) atoms. The van der Waals surface area contributed by atoms with Gasteiger partial charge in [0.15, 0.2) is 0 Å². The van der Waals surface area contributed by atoms with E-state index in [0.717, 1.165) is 45.0 Å². The Bertz CT molecular complexity index is 738. The molecule has 0 radical (unpaired) electrons. The molecule has 1 N–H and O–H groups in total. The molecule has 0 atom stereocenters. The van der Waals surface area contributed by atoms with Gasteiger partial charge in [0.25, 0.3) is 5.91 Å². The second-order valence-corrected chi connectivity index (χ2v) is 7.10. The monoisotopic (exact) mass is 367 g/mol. The highest BCUT2D eigenvalue weighted by Crippen LogP contribution is 2.18. The van der Waals surface area contributed by atoms with Crippen LogP contribution in [0, 0.1) is 0 Å². The smallest absolute Gasteiger partial charge is 0.254 e. The number of nitrogens with zero attached hydrogens (tertiary/aromatic N) is 6. The molecule has 0 spiro atoms. The van der Waals surface area contributed by atoms with E-state index in [1.54, 1.807) is 24.8 Å². The third-order valence-electron chi connectivity index (χ3n) is 5.24. The van der Waals surface area contributed by atoms with Gasteiger partial charge in [0.2, 0.25) is 11.9 Å². The summed E-state index contributed by atoms with van der Waals surface area (Å²) in [5.74, 6) is 1.35. The van der Waals surface area contributed by atoms with Crippen LogP contribution in [0.15, 0.2) is 30.9 Å². The van der Waals surface area contributed by atoms with Crippen molar-refractivity contribution in [1.82, 2.24) is 25.3 Å². The summed E-state index contributed by atoms with van der Waals surface area (Å²) in [6, 6.07) is 2.11. The maximum atomic E-state index is 12.4. The Balaban J connectivity index is 1.32. The Morgan fingerprint density at radius 3 is 2.00 bits per heavy atom. The summed E-state index contributed by atoms with van der Waals surface area (Å²) in [6.45, 7) is 3.23. The summed E-state index contributed by atoms with van der Waals surface area (Å²) in [4.78, 5) is 34.1. The van der Waals surface area contributed by atoms with Crippen LogP contribution in [0.4, 0.5) is 11.9 Å². The van der Waals surface area contributed by atoms with Crippen molar-refractivity contribution in [2.45, 2.75) is 38.1 Å². The zero-order valence-electron chi connectivity index (χ0n) is 15.4. The number of hydrogen-bond donors (Lipinski definition) is 1. The molecule has 0 aromatic carbocycles. The highest BCUT2D eigenvalue weighted by Gasteiger charge is 2.21. The van der Waals surface area contributed by atoms with Crippen LogP contribution in [0.1, 0.15) is 42.5 Å².